The summed E-state index contributed by atoms with van der Waals surface area (Å²) >= 11 is -0.900. The molecular formula is CH3AlCl2Ti. The third-order valence-corrected chi connectivity index (χ3v) is 8.10. The average molecular weight is 161 g/mol. The summed E-state index contributed by atoms with van der Waals surface area (Å²) in [5.41, 5.74) is 0. The topological polar surface area (TPSA) is 0 Å². The third kappa shape index (κ3) is 5.83. The van der Waals surface area contributed by atoms with Crippen LogP contribution in [0.1, 0.15) is 0 Å². The molecule has 0 atom stereocenters. The first-order chi connectivity index (χ1) is 2.27. The van der Waals surface area contributed by atoms with E-state index in [2.05, 4.69) is 5.79 Å². The third-order valence-electron chi connectivity index (χ3n) is 0.218. The molecule has 0 fully saturated rings. The monoisotopic (exact) mass is 160 g/mol. The van der Waals surface area contributed by atoms with Gasteiger partial charge in [-0.05, 0) is 0 Å². The van der Waals surface area contributed by atoms with Crippen LogP contribution in [0.2, 0.25) is 5.79 Å². The van der Waals surface area contributed by atoms with Crippen LogP contribution in [0.25, 0.3) is 0 Å². The molecule has 0 aromatic heterocycles. The van der Waals surface area contributed by atoms with Crippen LogP contribution >= 0.6 is 18.6 Å². The van der Waals surface area contributed by atoms with Gasteiger partial charge in [-0.25, -0.2) is 0 Å². The van der Waals surface area contributed by atoms with Gasteiger partial charge in [0.1, 0.15) is 0 Å². The SMILES string of the molecule is [CH3][Al]=[Ti]([Cl])[Cl]. The van der Waals surface area contributed by atoms with E-state index >= 15 is 0 Å². The van der Waals surface area contributed by atoms with Gasteiger partial charge in [0.15, 0.2) is 0 Å². The van der Waals surface area contributed by atoms with Crippen molar-refractivity contribution in [3.63, 3.8) is 0 Å². The molecular weight excluding hydrogens is 158 g/mol. The van der Waals surface area contributed by atoms with Crippen LogP contribution in [0.5, 0.6) is 0 Å². The molecule has 0 nitrogen and oxygen atoms in total. The zero-order valence-electron chi connectivity index (χ0n) is 2.83. The van der Waals surface area contributed by atoms with Crippen molar-refractivity contribution in [2.75, 3.05) is 0 Å². The Morgan fingerprint density at radius 2 is 1.80 bits per heavy atom. The second-order valence-corrected chi connectivity index (χ2v) is 14.3. The second kappa shape index (κ2) is 4.00. The summed E-state index contributed by atoms with van der Waals surface area (Å²) in [7, 11) is 10.9. The minimum atomic E-state index is -1.33. The van der Waals surface area contributed by atoms with Crippen LogP contribution in [0, 0.1) is 0 Å². The van der Waals surface area contributed by atoms with Gasteiger partial charge in [0.2, 0.25) is 0 Å². The van der Waals surface area contributed by atoms with Crippen LogP contribution in [-0.4, -0.2) is 11.9 Å². The first-order valence-electron chi connectivity index (χ1n) is 1.24. The van der Waals surface area contributed by atoms with Crippen molar-refractivity contribution in [1.29, 1.82) is 0 Å². The van der Waals surface area contributed by atoms with Crippen LogP contribution in [-0.2, 0) is 13.0 Å². The number of rotatable bonds is 0. The van der Waals surface area contributed by atoms with Gasteiger partial charge in [0.05, 0.1) is 0 Å². The van der Waals surface area contributed by atoms with Crippen molar-refractivity contribution in [2.45, 2.75) is 5.79 Å². The standard InChI is InChI=1S/CH3.Al.2ClH.Ti/h1H3;;2*1H;/q;;;;+2/p-2. The van der Waals surface area contributed by atoms with Gasteiger partial charge in [-0.15, -0.1) is 0 Å². The summed E-state index contributed by atoms with van der Waals surface area (Å²) in [6, 6.07) is 0. The van der Waals surface area contributed by atoms with Crippen LogP contribution in [0.3, 0.4) is 0 Å². The molecule has 0 aliphatic heterocycles. The molecule has 0 aromatic carbocycles. The van der Waals surface area contributed by atoms with Gasteiger partial charge >= 0.3 is 49.2 Å². The Labute approximate surface area is 48.8 Å². The fourth-order valence-corrected chi connectivity index (χ4v) is 0. The molecule has 0 N–H and O–H groups in total. The van der Waals surface area contributed by atoms with Crippen LogP contribution in [0.15, 0.2) is 0 Å². The van der Waals surface area contributed by atoms with Gasteiger partial charge in [0, 0.05) is 0 Å². The van der Waals surface area contributed by atoms with E-state index in [-0.39, 0.29) is 0 Å². The van der Waals surface area contributed by atoms with Crippen molar-refractivity contribution in [3.8, 4) is 0 Å². The van der Waals surface area contributed by atoms with E-state index in [1.807, 2.05) is 0 Å². The molecule has 0 amide bonds. The molecule has 0 aliphatic carbocycles. The van der Waals surface area contributed by atoms with Crippen molar-refractivity contribution >= 4 is 30.5 Å². The Balaban J connectivity index is 3.14. The van der Waals surface area contributed by atoms with Gasteiger partial charge < -0.3 is 0 Å². The van der Waals surface area contributed by atoms with Gasteiger partial charge in [-0.2, -0.15) is 0 Å². The molecule has 0 heterocycles. The molecule has 0 radical (unpaired) electrons. The van der Waals surface area contributed by atoms with Crippen molar-refractivity contribution in [1.82, 2.24) is 0 Å². The van der Waals surface area contributed by atoms with Crippen molar-refractivity contribution in [2.24, 2.45) is 0 Å². The summed E-state index contributed by atoms with van der Waals surface area (Å²) in [5, 5.41) is 0. The molecule has 0 saturated carbocycles. The van der Waals surface area contributed by atoms with Gasteiger partial charge in [0.25, 0.3) is 0 Å². The van der Waals surface area contributed by atoms with Crippen molar-refractivity contribution in [3.05, 3.63) is 0 Å². The number of halogens is 2. The summed E-state index contributed by atoms with van der Waals surface area (Å²) < 4.78 is 0. The molecule has 0 aromatic rings. The van der Waals surface area contributed by atoms with Crippen LogP contribution < -0.4 is 0 Å². The molecule has 0 spiro atoms. The predicted octanol–water partition coefficient (Wildman–Crippen LogP) is 1.58. The fourth-order valence-electron chi connectivity index (χ4n) is 0. The number of hydrogen-bond donors (Lipinski definition) is 0. The van der Waals surface area contributed by atoms with Gasteiger partial charge in [-0.1, -0.05) is 0 Å². The summed E-state index contributed by atoms with van der Waals surface area (Å²) in [6.07, 6.45) is 0. The number of hydrogen-bond acceptors (Lipinski definition) is 0. The molecule has 0 rings (SSSR count). The molecule has 0 saturated heterocycles. The van der Waals surface area contributed by atoms with E-state index in [1.54, 1.807) is 0 Å². The van der Waals surface area contributed by atoms with E-state index in [4.69, 9.17) is 18.6 Å². The van der Waals surface area contributed by atoms with E-state index in [9.17, 15) is 0 Å². The minimum absolute atomic E-state index is 0.429. The molecule has 28 valence electrons. The predicted molar refractivity (Wildman–Crippen MR) is 23.3 cm³/mol. The zero-order valence-corrected chi connectivity index (χ0v) is 7.06. The molecule has 5 heavy (non-hydrogen) atoms. The Morgan fingerprint density at radius 3 is 1.80 bits per heavy atom. The summed E-state index contributed by atoms with van der Waals surface area (Å²) in [4.78, 5) is 0. The van der Waals surface area contributed by atoms with Crippen molar-refractivity contribution < 1.29 is 13.0 Å². The van der Waals surface area contributed by atoms with Gasteiger partial charge in [-0.3, -0.25) is 0 Å². The normalized spacial score (nSPS) is 6.20. The Kier molecular flexibility index (Phi) is 5.46. The zero-order chi connectivity index (χ0) is 4.28. The molecule has 0 aliphatic rings. The van der Waals surface area contributed by atoms with Crippen LogP contribution in [0.4, 0.5) is 0 Å². The maximum absolute atomic E-state index is 5.43. The maximum atomic E-state index is 5.43. The fraction of sp³-hybridized carbons (Fsp3) is 1.00. The quantitative estimate of drug-likeness (QED) is 0.473. The summed E-state index contributed by atoms with van der Waals surface area (Å²) in [5.74, 6) is 2.09. The Hall–Kier alpha value is 1.83. The Morgan fingerprint density at radius 1 is 1.60 bits per heavy atom. The molecule has 4 heteroatoms. The Bertz CT molecular complexity index is 47.6. The van der Waals surface area contributed by atoms with E-state index in [1.165, 1.54) is 0 Å². The second-order valence-electron chi connectivity index (χ2n) is 0.578. The van der Waals surface area contributed by atoms with E-state index in [0.717, 1.165) is 0 Å². The first-order valence-corrected chi connectivity index (χ1v) is 9.98. The summed E-state index contributed by atoms with van der Waals surface area (Å²) in [6.45, 7) is 0. The molecule has 0 bridgehead atoms. The first kappa shape index (κ1) is 6.83. The average Bonchev–Trinajstić information content (AvgIpc) is 1.38. The van der Waals surface area contributed by atoms with E-state index < -0.39 is 13.0 Å². The van der Waals surface area contributed by atoms with E-state index in [0.29, 0.717) is 11.9 Å². The molecule has 0 unspecified atom stereocenters.